The third kappa shape index (κ3) is 5.45. The highest BCUT2D eigenvalue weighted by Gasteiger charge is 2.06. The lowest BCUT2D eigenvalue weighted by molar-refractivity contribution is 0.301. The number of alkyl halides is 1. The number of halogens is 1. The van der Waals surface area contributed by atoms with Gasteiger partial charge < -0.3 is 4.74 Å². The molecule has 96 valence electrons. The molecule has 1 nitrogen and oxygen atoms in total. The number of hydrogen-bond acceptors (Lipinski definition) is 1. The smallest absolute Gasteiger partial charge is 0.122 e. The molecular weight excluding hydrogens is 232 g/mol. The van der Waals surface area contributed by atoms with Crippen molar-refractivity contribution in [2.75, 3.05) is 12.5 Å². The van der Waals surface area contributed by atoms with Crippen LogP contribution in [0.3, 0.4) is 0 Å². The van der Waals surface area contributed by atoms with Crippen LogP contribution in [0.25, 0.3) is 0 Å². The van der Waals surface area contributed by atoms with Gasteiger partial charge in [-0.05, 0) is 30.4 Å². The maximum absolute atomic E-state index is 5.85. The molecule has 0 amide bonds. The zero-order valence-electron chi connectivity index (χ0n) is 10.9. The van der Waals surface area contributed by atoms with Crippen molar-refractivity contribution in [2.24, 2.45) is 0 Å². The van der Waals surface area contributed by atoms with E-state index in [1.807, 2.05) is 6.07 Å². The summed E-state index contributed by atoms with van der Waals surface area (Å²) in [4.78, 5) is 0. The summed E-state index contributed by atoms with van der Waals surface area (Å²) in [5.74, 6) is 2.33. The highest BCUT2D eigenvalue weighted by Crippen LogP contribution is 2.25. The van der Waals surface area contributed by atoms with Gasteiger partial charge in [0.15, 0.2) is 0 Å². The normalized spacial score (nSPS) is 10.8. The molecule has 0 spiro atoms. The Balaban J connectivity index is 2.31. The lowest BCUT2D eigenvalue weighted by atomic mass is 10.0. The first-order chi connectivity index (χ1) is 8.25. The van der Waals surface area contributed by atoms with Crippen molar-refractivity contribution >= 4 is 11.6 Å². The minimum absolute atomic E-state index is 0.516. The zero-order chi connectivity index (χ0) is 12.5. The third-order valence-electron chi connectivity index (χ3n) is 2.83. The molecule has 0 saturated carbocycles. The molecular formula is C15H23ClO. The first kappa shape index (κ1) is 14.4. The molecule has 1 aromatic carbocycles. The fourth-order valence-electron chi connectivity index (χ4n) is 1.82. The largest absolute Gasteiger partial charge is 0.493 e. The van der Waals surface area contributed by atoms with Crippen LogP contribution in [0.2, 0.25) is 0 Å². The maximum Gasteiger partial charge on any atom is 0.122 e. The van der Waals surface area contributed by atoms with Crippen LogP contribution in [0.15, 0.2) is 24.3 Å². The molecule has 0 N–H and O–H groups in total. The Morgan fingerprint density at radius 3 is 2.47 bits per heavy atom. The molecule has 0 aliphatic carbocycles. The van der Waals surface area contributed by atoms with Gasteiger partial charge in [-0.3, -0.25) is 0 Å². The zero-order valence-corrected chi connectivity index (χ0v) is 11.7. The summed E-state index contributed by atoms with van der Waals surface area (Å²) >= 11 is 5.63. The van der Waals surface area contributed by atoms with Crippen molar-refractivity contribution in [3.05, 3.63) is 29.8 Å². The summed E-state index contributed by atoms with van der Waals surface area (Å²) in [6.07, 6.45) is 4.64. The molecule has 0 saturated heterocycles. The summed E-state index contributed by atoms with van der Waals surface area (Å²) in [6.45, 7) is 5.21. The Labute approximate surface area is 110 Å². The average molecular weight is 255 g/mol. The maximum atomic E-state index is 5.85. The van der Waals surface area contributed by atoms with Crippen molar-refractivity contribution in [3.63, 3.8) is 0 Å². The van der Waals surface area contributed by atoms with Crippen LogP contribution < -0.4 is 4.74 Å². The number of ether oxygens (including phenoxy) is 1. The van der Waals surface area contributed by atoms with E-state index in [0.717, 1.165) is 31.1 Å². The second-order valence-electron chi connectivity index (χ2n) is 4.64. The van der Waals surface area contributed by atoms with E-state index in [2.05, 4.69) is 32.0 Å². The predicted octanol–water partition coefficient (Wildman–Crippen LogP) is 4.99. The van der Waals surface area contributed by atoms with Gasteiger partial charge in [0.2, 0.25) is 0 Å². The standard InChI is InChI=1S/C15H23ClO/c1-13(2)14-9-5-6-10-15(14)17-12-8-4-3-7-11-16/h5-6,9-10,13H,3-4,7-8,11-12H2,1-2H3. The monoisotopic (exact) mass is 254 g/mol. The van der Waals surface area contributed by atoms with Gasteiger partial charge in [-0.2, -0.15) is 0 Å². The second kappa shape index (κ2) is 8.41. The Morgan fingerprint density at radius 1 is 1.06 bits per heavy atom. The average Bonchev–Trinajstić information content (AvgIpc) is 2.34. The van der Waals surface area contributed by atoms with E-state index in [0.29, 0.717) is 5.92 Å². The van der Waals surface area contributed by atoms with Crippen LogP contribution in [0.1, 0.15) is 51.0 Å². The minimum atomic E-state index is 0.516. The number of para-hydroxylation sites is 1. The number of unbranched alkanes of at least 4 members (excludes halogenated alkanes) is 3. The number of benzene rings is 1. The molecule has 17 heavy (non-hydrogen) atoms. The molecule has 0 aliphatic rings. The van der Waals surface area contributed by atoms with Gasteiger partial charge in [0, 0.05) is 5.88 Å². The predicted molar refractivity (Wildman–Crippen MR) is 75.2 cm³/mol. The van der Waals surface area contributed by atoms with Gasteiger partial charge >= 0.3 is 0 Å². The lowest BCUT2D eigenvalue weighted by Gasteiger charge is -2.13. The van der Waals surface area contributed by atoms with Gasteiger partial charge in [-0.15, -0.1) is 11.6 Å². The molecule has 0 aliphatic heterocycles. The summed E-state index contributed by atoms with van der Waals surface area (Å²) in [7, 11) is 0. The summed E-state index contributed by atoms with van der Waals surface area (Å²) < 4.78 is 5.85. The van der Waals surface area contributed by atoms with Crippen LogP contribution >= 0.6 is 11.6 Å². The van der Waals surface area contributed by atoms with Crippen molar-refractivity contribution in [1.82, 2.24) is 0 Å². The summed E-state index contributed by atoms with van der Waals surface area (Å²) in [5.41, 5.74) is 1.30. The van der Waals surface area contributed by atoms with Gasteiger partial charge in [0.1, 0.15) is 5.75 Å². The molecule has 0 atom stereocenters. The van der Waals surface area contributed by atoms with E-state index in [1.54, 1.807) is 0 Å². The molecule has 1 aromatic rings. The van der Waals surface area contributed by atoms with Gasteiger partial charge in [-0.25, -0.2) is 0 Å². The van der Waals surface area contributed by atoms with Crippen molar-refractivity contribution in [1.29, 1.82) is 0 Å². The lowest BCUT2D eigenvalue weighted by Crippen LogP contribution is -2.01. The van der Waals surface area contributed by atoms with Crippen LogP contribution in [0.5, 0.6) is 5.75 Å². The highest BCUT2D eigenvalue weighted by molar-refractivity contribution is 6.17. The fraction of sp³-hybridized carbons (Fsp3) is 0.600. The van der Waals surface area contributed by atoms with Crippen LogP contribution in [-0.2, 0) is 0 Å². The Morgan fingerprint density at radius 2 is 1.76 bits per heavy atom. The quantitative estimate of drug-likeness (QED) is 0.469. The third-order valence-corrected chi connectivity index (χ3v) is 3.09. The Bertz CT molecular complexity index is 310. The van der Waals surface area contributed by atoms with E-state index in [4.69, 9.17) is 16.3 Å². The Kier molecular flexibility index (Phi) is 7.11. The highest BCUT2D eigenvalue weighted by atomic mass is 35.5. The van der Waals surface area contributed by atoms with Crippen molar-refractivity contribution in [2.45, 2.75) is 45.4 Å². The van der Waals surface area contributed by atoms with Crippen LogP contribution in [0, 0.1) is 0 Å². The molecule has 0 aromatic heterocycles. The molecule has 0 radical (unpaired) electrons. The molecule has 0 heterocycles. The second-order valence-corrected chi connectivity index (χ2v) is 5.02. The van der Waals surface area contributed by atoms with Crippen LogP contribution in [-0.4, -0.2) is 12.5 Å². The van der Waals surface area contributed by atoms with Gasteiger partial charge in [0.25, 0.3) is 0 Å². The summed E-state index contributed by atoms with van der Waals surface area (Å²) in [5, 5.41) is 0. The van der Waals surface area contributed by atoms with Crippen molar-refractivity contribution in [3.8, 4) is 5.75 Å². The number of hydrogen-bond donors (Lipinski definition) is 0. The SMILES string of the molecule is CC(C)c1ccccc1OCCCCCCCl. The van der Waals surface area contributed by atoms with Crippen LogP contribution in [0.4, 0.5) is 0 Å². The molecule has 0 unspecified atom stereocenters. The molecule has 2 heteroatoms. The van der Waals surface area contributed by atoms with Crippen molar-refractivity contribution < 1.29 is 4.74 Å². The molecule has 0 fully saturated rings. The molecule has 0 bridgehead atoms. The van der Waals surface area contributed by atoms with E-state index >= 15 is 0 Å². The van der Waals surface area contributed by atoms with E-state index in [9.17, 15) is 0 Å². The fourth-order valence-corrected chi connectivity index (χ4v) is 2.01. The van der Waals surface area contributed by atoms with Gasteiger partial charge in [-0.1, -0.05) is 44.9 Å². The molecule has 1 rings (SSSR count). The first-order valence-electron chi connectivity index (χ1n) is 6.53. The number of rotatable bonds is 8. The topological polar surface area (TPSA) is 9.23 Å². The first-order valence-corrected chi connectivity index (χ1v) is 7.07. The van der Waals surface area contributed by atoms with E-state index < -0.39 is 0 Å². The summed E-state index contributed by atoms with van der Waals surface area (Å²) in [6, 6.07) is 8.32. The minimum Gasteiger partial charge on any atom is -0.493 e. The van der Waals surface area contributed by atoms with Gasteiger partial charge in [0.05, 0.1) is 6.61 Å². The Hall–Kier alpha value is -0.690. The van der Waals surface area contributed by atoms with E-state index in [1.165, 1.54) is 18.4 Å². The van der Waals surface area contributed by atoms with E-state index in [-0.39, 0.29) is 0 Å².